The minimum atomic E-state index is -0.426. The second-order valence-corrected chi connectivity index (χ2v) is 9.39. The van der Waals surface area contributed by atoms with Crippen LogP contribution in [0.25, 0.3) is 16.7 Å². The molecule has 0 saturated heterocycles. The van der Waals surface area contributed by atoms with Crippen LogP contribution in [-0.4, -0.2) is 46.2 Å². The number of ether oxygens (including phenoxy) is 1. The number of nitrogens with zero attached hydrogens (tertiary/aromatic N) is 4. The lowest BCUT2D eigenvalue weighted by Crippen LogP contribution is -2.34. The van der Waals surface area contributed by atoms with Gasteiger partial charge in [-0.15, -0.1) is 10.2 Å². The number of methoxy groups -OCH3 is 1. The van der Waals surface area contributed by atoms with Crippen molar-refractivity contribution < 1.29 is 9.53 Å². The Morgan fingerprint density at radius 1 is 1.03 bits per heavy atom. The lowest BCUT2D eigenvalue weighted by molar-refractivity contribution is 0.0974. The van der Waals surface area contributed by atoms with Gasteiger partial charge in [0.2, 0.25) is 0 Å². The van der Waals surface area contributed by atoms with Gasteiger partial charge >= 0.3 is 0 Å². The minimum absolute atomic E-state index is 0.143. The molecule has 0 fully saturated rings. The molecule has 0 aliphatic rings. The first-order valence-electron chi connectivity index (χ1n) is 11.9. The Kier molecular flexibility index (Phi) is 7.94. The molecule has 1 amide bonds. The Morgan fingerprint density at radius 3 is 2.38 bits per heavy atom. The summed E-state index contributed by atoms with van der Waals surface area (Å²) in [7, 11) is 1.49. The molecule has 0 aliphatic carbocycles. The van der Waals surface area contributed by atoms with Crippen molar-refractivity contribution in [3.05, 3.63) is 70.2 Å². The van der Waals surface area contributed by atoms with Gasteiger partial charge in [-0.25, -0.2) is 0 Å². The smallest absolute Gasteiger partial charge is 0.261 e. The number of hydrogen-bond donors (Lipinski definition) is 2. The summed E-state index contributed by atoms with van der Waals surface area (Å²) in [6.07, 6.45) is 0. The fourth-order valence-corrected chi connectivity index (χ4v) is 4.52. The summed E-state index contributed by atoms with van der Waals surface area (Å²) in [4.78, 5) is 16.7. The molecule has 0 spiro atoms. The Bertz CT molecular complexity index is 1480. The van der Waals surface area contributed by atoms with Gasteiger partial charge in [0.05, 0.1) is 18.4 Å². The van der Waals surface area contributed by atoms with E-state index in [2.05, 4.69) is 48.4 Å². The predicted octanol–water partition coefficient (Wildman–Crippen LogP) is 5.67. The van der Waals surface area contributed by atoms with Gasteiger partial charge in [0.1, 0.15) is 16.8 Å². The molecule has 4 rings (SSSR count). The lowest BCUT2D eigenvalue weighted by Gasteiger charge is -2.22. The SMILES string of the molecule is CCN(CC)c1ccc(-n2nc3cc(C)c(NC(=S)NC(=O)c4cc(Cl)ccc4OC)cc3n2)c(C)c1. The molecule has 0 unspecified atom stereocenters. The van der Waals surface area contributed by atoms with Crippen molar-refractivity contribution in [3.63, 3.8) is 0 Å². The van der Waals surface area contributed by atoms with Crippen molar-refractivity contribution in [1.29, 1.82) is 0 Å². The molecule has 1 aromatic heterocycles. The lowest BCUT2D eigenvalue weighted by atomic mass is 10.1. The van der Waals surface area contributed by atoms with Crippen molar-refractivity contribution in [2.75, 3.05) is 30.4 Å². The molecule has 0 aliphatic heterocycles. The van der Waals surface area contributed by atoms with Gasteiger partial charge in [-0.3, -0.25) is 10.1 Å². The summed E-state index contributed by atoms with van der Waals surface area (Å²) < 4.78 is 5.26. The summed E-state index contributed by atoms with van der Waals surface area (Å²) in [5.41, 5.74) is 6.55. The van der Waals surface area contributed by atoms with Crippen LogP contribution >= 0.6 is 23.8 Å². The van der Waals surface area contributed by atoms with E-state index in [4.69, 9.17) is 38.8 Å². The van der Waals surface area contributed by atoms with Gasteiger partial charge in [0.25, 0.3) is 5.91 Å². The number of fused-ring (bicyclic) bond motifs is 1. The molecule has 2 N–H and O–H groups in total. The zero-order chi connectivity index (χ0) is 26.7. The van der Waals surface area contributed by atoms with E-state index in [0.29, 0.717) is 16.3 Å². The highest BCUT2D eigenvalue weighted by molar-refractivity contribution is 7.80. The van der Waals surface area contributed by atoms with Crippen molar-refractivity contribution >= 4 is 57.2 Å². The number of aryl methyl sites for hydroxylation is 2. The number of benzene rings is 3. The molecule has 37 heavy (non-hydrogen) atoms. The number of aromatic nitrogens is 3. The average Bonchev–Trinajstić information content (AvgIpc) is 3.27. The van der Waals surface area contributed by atoms with Gasteiger partial charge in [-0.2, -0.15) is 4.80 Å². The second kappa shape index (κ2) is 11.1. The van der Waals surface area contributed by atoms with Crippen LogP contribution < -0.4 is 20.3 Å². The highest BCUT2D eigenvalue weighted by Crippen LogP contribution is 2.26. The van der Waals surface area contributed by atoms with Gasteiger partial charge in [-0.05, 0) is 99.6 Å². The van der Waals surface area contributed by atoms with E-state index in [9.17, 15) is 4.79 Å². The topological polar surface area (TPSA) is 84.3 Å². The Morgan fingerprint density at radius 2 is 1.73 bits per heavy atom. The maximum absolute atomic E-state index is 12.8. The highest BCUT2D eigenvalue weighted by atomic mass is 35.5. The summed E-state index contributed by atoms with van der Waals surface area (Å²) >= 11 is 11.4. The number of carbonyl (C=O) groups is 1. The molecule has 8 nitrogen and oxygen atoms in total. The quantitative estimate of drug-likeness (QED) is 0.294. The van der Waals surface area contributed by atoms with E-state index in [0.717, 1.165) is 41.1 Å². The number of carbonyl (C=O) groups excluding carboxylic acids is 1. The monoisotopic (exact) mass is 536 g/mol. The van der Waals surface area contributed by atoms with E-state index in [1.54, 1.807) is 16.9 Å². The third-order valence-electron chi connectivity index (χ3n) is 6.13. The maximum Gasteiger partial charge on any atom is 0.261 e. The number of anilines is 2. The third kappa shape index (κ3) is 5.68. The molecule has 192 valence electrons. The first kappa shape index (κ1) is 26.4. The fraction of sp³-hybridized carbons (Fsp3) is 0.259. The molecule has 10 heteroatoms. The number of halogens is 1. The molecular weight excluding hydrogens is 508 g/mol. The second-order valence-electron chi connectivity index (χ2n) is 8.54. The van der Waals surface area contributed by atoms with Gasteiger partial charge in [-0.1, -0.05) is 11.6 Å². The van der Waals surface area contributed by atoms with E-state index in [1.807, 2.05) is 25.1 Å². The first-order valence-corrected chi connectivity index (χ1v) is 12.7. The summed E-state index contributed by atoms with van der Waals surface area (Å²) in [5, 5.41) is 15.7. The summed E-state index contributed by atoms with van der Waals surface area (Å²) in [6.45, 7) is 10.2. The Balaban J connectivity index is 1.55. The molecule has 0 saturated carbocycles. The highest BCUT2D eigenvalue weighted by Gasteiger charge is 2.16. The zero-order valence-electron chi connectivity index (χ0n) is 21.4. The fourth-order valence-electron chi connectivity index (χ4n) is 4.14. The summed E-state index contributed by atoms with van der Waals surface area (Å²) in [5.74, 6) is -0.0236. The van der Waals surface area contributed by atoms with E-state index < -0.39 is 5.91 Å². The first-order chi connectivity index (χ1) is 17.7. The number of hydrogen-bond acceptors (Lipinski definition) is 6. The van der Waals surface area contributed by atoms with Crippen LogP contribution in [0.5, 0.6) is 5.75 Å². The Labute approximate surface area is 226 Å². The molecule has 3 aromatic carbocycles. The van der Waals surface area contributed by atoms with Crippen molar-refractivity contribution in [1.82, 2.24) is 20.3 Å². The van der Waals surface area contributed by atoms with Crippen LogP contribution in [0, 0.1) is 13.8 Å². The Hall–Kier alpha value is -3.69. The van der Waals surface area contributed by atoms with Crippen LogP contribution in [0.1, 0.15) is 35.3 Å². The van der Waals surface area contributed by atoms with Gasteiger partial charge in [0, 0.05) is 29.5 Å². The molecule has 4 aromatic rings. The molecule has 1 heterocycles. The normalized spacial score (nSPS) is 10.9. The largest absolute Gasteiger partial charge is 0.496 e. The molecule has 0 radical (unpaired) electrons. The number of nitrogens with one attached hydrogen (secondary N) is 2. The molecular formula is C27H29ClN6O2S. The van der Waals surface area contributed by atoms with Crippen LogP contribution in [0.2, 0.25) is 5.02 Å². The van der Waals surface area contributed by atoms with Gasteiger partial charge in [0.15, 0.2) is 5.11 Å². The minimum Gasteiger partial charge on any atom is -0.496 e. The van der Waals surface area contributed by atoms with Crippen LogP contribution in [0.3, 0.4) is 0 Å². The van der Waals surface area contributed by atoms with Crippen LogP contribution in [0.4, 0.5) is 11.4 Å². The maximum atomic E-state index is 12.8. The van der Waals surface area contributed by atoms with Gasteiger partial charge < -0.3 is 15.0 Å². The standard InChI is InChI=1S/C27H29ClN6O2S/c1-6-33(7-2)19-9-10-24(17(4)12-19)34-31-22-13-16(3)21(15-23(22)32-34)29-27(37)30-26(35)20-14-18(28)8-11-25(20)36-5/h8-15H,6-7H2,1-5H3,(H2,29,30,35,37). The predicted molar refractivity (Wildman–Crippen MR) is 154 cm³/mol. The van der Waals surface area contributed by atoms with E-state index >= 15 is 0 Å². The molecule has 0 atom stereocenters. The number of thiocarbonyl (C=S) groups is 1. The van der Waals surface area contributed by atoms with Crippen molar-refractivity contribution in [3.8, 4) is 11.4 Å². The zero-order valence-corrected chi connectivity index (χ0v) is 23.0. The average molecular weight is 537 g/mol. The van der Waals surface area contributed by atoms with Crippen molar-refractivity contribution in [2.45, 2.75) is 27.7 Å². The third-order valence-corrected chi connectivity index (χ3v) is 6.57. The van der Waals surface area contributed by atoms with Crippen LogP contribution in [0.15, 0.2) is 48.5 Å². The van der Waals surface area contributed by atoms with E-state index in [-0.39, 0.29) is 10.7 Å². The van der Waals surface area contributed by atoms with Crippen LogP contribution in [-0.2, 0) is 0 Å². The number of amides is 1. The van der Waals surface area contributed by atoms with Crippen molar-refractivity contribution in [2.24, 2.45) is 0 Å². The molecule has 0 bridgehead atoms. The summed E-state index contributed by atoms with van der Waals surface area (Å²) in [6, 6.07) is 14.9. The number of rotatable bonds is 7. The van der Waals surface area contributed by atoms with E-state index in [1.165, 1.54) is 18.9 Å².